The molecule has 2 aromatic rings. The van der Waals surface area contributed by atoms with Crippen LogP contribution < -0.4 is 15.4 Å². The lowest BCUT2D eigenvalue weighted by Gasteiger charge is -2.32. The van der Waals surface area contributed by atoms with E-state index < -0.39 is 0 Å². The first-order valence-corrected chi connectivity index (χ1v) is 10.1. The summed E-state index contributed by atoms with van der Waals surface area (Å²) >= 11 is 0. The third-order valence-electron chi connectivity index (χ3n) is 5.09. The fourth-order valence-electron chi connectivity index (χ4n) is 3.42. The molecule has 1 aliphatic heterocycles. The molecule has 1 fully saturated rings. The van der Waals surface area contributed by atoms with Gasteiger partial charge in [-0.1, -0.05) is 29.8 Å². The number of anilines is 1. The van der Waals surface area contributed by atoms with E-state index in [1.807, 2.05) is 31.2 Å². The van der Waals surface area contributed by atoms with Crippen LogP contribution in [-0.2, 0) is 4.79 Å². The minimum Gasteiger partial charge on any atom is -0.482 e. The number of piperidine rings is 1. The molecule has 1 unspecified atom stereocenters. The van der Waals surface area contributed by atoms with Gasteiger partial charge >= 0.3 is 6.03 Å². The van der Waals surface area contributed by atoms with E-state index in [2.05, 4.69) is 16.7 Å². The molecule has 0 aliphatic carbocycles. The van der Waals surface area contributed by atoms with Gasteiger partial charge in [-0.3, -0.25) is 4.79 Å². The number of nitriles is 1. The molecule has 0 radical (unpaired) electrons. The fraction of sp³-hybridized carbons (Fsp3) is 0.348. The van der Waals surface area contributed by atoms with Gasteiger partial charge in [0.2, 0.25) is 0 Å². The Hall–Kier alpha value is -3.53. The Balaban J connectivity index is 1.44. The molecular weight excluding hydrogens is 380 g/mol. The number of carbonyl (C=O) groups excluding carboxylic acids is 2. The lowest BCUT2D eigenvalue weighted by atomic mass is 9.98. The van der Waals surface area contributed by atoms with Gasteiger partial charge < -0.3 is 20.3 Å². The Morgan fingerprint density at radius 1 is 1.20 bits per heavy atom. The summed E-state index contributed by atoms with van der Waals surface area (Å²) in [6.07, 6.45) is 1.83. The number of ether oxygens (including phenoxy) is 1. The molecule has 30 heavy (non-hydrogen) atoms. The maximum absolute atomic E-state index is 12.5. The fourth-order valence-corrected chi connectivity index (χ4v) is 3.42. The van der Waals surface area contributed by atoms with Crippen molar-refractivity contribution < 1.29 is 14.3 Å². The average Bonchev–Trinajstić information content (AvgIpc) is 2.78. The van der Waals surface area contributed by atoms with Crippen LogP contribution in [0.15, 0.2) is 48.5 Å². The van der Waals surface area contributed by atoms with Gasteiger partial charge in [-0.25, -0.2) is 4.79 Å². The third kappa shape index (κ3) is 5.98. The van der Waals surface area contributed by atoms with E-state index in [0.29, 0.717) is 30.9 Å². The minimum atomic E-state index is -0.251. The number of nitrogens with one attached hydrogen (secondary N) is 2. The molecule has 0 saturated carbocycles. The van der Waals surface area contributed by atoms with Crippen LogP contribution in [-0.4, -0.2) is 43.1 Å². The number of amides is 3. The normalized spacial score (nSPS) is 15.7. The number of aryl methyl sites for hydroxylation is 1. The van der Waals surface area contributed by atoms with Gasteiger partial charge in [0.25, 0.3) is 5.91 Å². The van der Waals surface area contributed by atoms with E-state index >= 15 is 0 Å². The zero-order chi connectivity index (χ0) is 21.3. The molecule has 7 nitrogen and oxygen atoms in total. The second kappa shape index (κ2) is 10.3. The van der Waals surface area contributed by atoms with Crippen molar-refractivity contribution >= 4 is 17.6 Å². The highest BCUT2D eigenvalue weighted by Gasteiger charge is 2.24. The summed E-state index contributed by atoms with van der Waals surface area (Å²) < 4.78 is 5.56. The molecule has 0 spiro atoms. The molecular formula is C23H26N4O3. The van der Waals surface area contributed by atoms with Crippen LogP contribution in [0.25, 0.3) is 0 Å². The molecule has 156 valence electrons. The summed E-state index contributed by atoms with van der Waals surface area (Å²) in [6.45, 7) is 3.64. The first-order chi connectivity index (χ1) is 14.5. The predicted molar refractivity (Wildman–Crippen MR) is 114 cm³/mol. The Labute approximate surface area is 176 Å². The molecule has 1 heterocycles. The first-order valence-electron chi connectivity index (χ1n) is 10.1. The highest BCUT2D eigenvalue weighted by Crippen LogP contribution is 2.19. The molecule has 7 heteroatoms. The molecule has 1 atom stereocenters. The number of likely N-dealkylation sites (tertiary alicyclic amines) is 1. The largest absolute Gasteiger partial charge is 0.482 e. The Kier molecular flexibility index (Phi) is 7.28. The maximum Gasteiger partial charge on any atom is 0.319 e. The zero-order valence-corrected chi connectivity index (χ0v) is 17.1. The molecule has 0 bridgehead atoms. The van der Waals surface area contributed by atoms with Crippen molar-refractivity contribution in [2.75, 3.05) is 31.6 Å². The monoisotopic (exact) mass is 406 g/mol. The van der Waals surface area contributed by atoms with Crippen LogP contribution in [0, 0.1) is 24.2 Å². The molecule has 2 N–H and O–H groups in total. The lowest BCUT2D eigenvalue weighted by molar-refractivity contribution is -0.135. The summed E-state index contributed by atoms with van der Waals surface area (Å²) in [5, 5.41) is 14.8. The first kappa shape index (κ1) is 21.2. The van der Waals surface area contributed by atoms with Crippen molar-refractivity contribution in [3.8, 4) is 11.8 Å². The van der Waals surface area contributed by atoms with Crippen LogP contribution in [0.2, 0.25) is 0 Å². The third-order valence-corrected chi connectivity index (χ3v) is 5.09. The Bertz CT molecular complexity index is 921. The number of nitrogens with zero attached hydrogens (tertiary/aromatic N) is 2. The zero-order valence-electron chi connectivity index (χ0n) is 17.1. The maximum atomic E-state index is 12.5. The van der Waals surface area contributed by atoms with Gasteiger partial charge in [-0.2, -0.15) is 5.26 Å². The average molecular weight is 406 g/mol. The number of para-hydroxylation sites is 1. The van der Waals surface area contributed by atoms with Crippen molar-refractivity contribution in [2.24, 2.45) is 5.92 Å². The van der Waals surface area contributed by atoms with Gasteiger partial charge in [0.05, 0.1) is 5.56 Å². The van der Waals surface area contributed by atoms with Crippen molar-refractivity contribution in [2.45, 2.75) is 19.8 Å². The van der Waals surface area contributed by atoms with Gasteiger partial charge in [-0.15, -0.1) is 0 Å². The Morgan fingerprint density at radius 3 is 2.73 bits per heavy atom. The van der Waals surface area contributed by atoms with Crippen LogP contribution in [0.3, 0.4) is 0 Å². The van der Waals surface area contributed by atoms with E-state index in [-0.39, 0.29) is 24.5 Å². The van der Waals surface area contributed by atoms with E-state index in [1.165, 1.54) is 0 Å². The summed E-state index contributed by atoms with van der Waals surface area (Å²) in [5.41, 5.74) is 2.28. The number of hydrogen-bond donors (Lipinski definition) is 2. The smallest absolute Gasteiger partial charge is 0.319 e. The molecule has 1 saturated heterocycles. The van der Waals surface area contributed by atoms with Crippen LogP contribution in [0.4, 0.5) is 10.5 Å². The SMILES string of the molecule is Cc1ccc(NC(=O)NCC2CCCN(C(=O)COc3ccccc3C#N)C2)cc1. The second-order valence-corrected chi connectivity index (χ2v) is 7.45. The number of hydrogen-bond acceptors (Lipinski definition) is 4. The van der Waals surface area contributed by atoms with Crippen LogP contribution in [0.5, 0.6) is 5.75 Å². The van der Waals surface area contributed by atoms with Crippen molar-refractivity contribution in [3.63, 3.8) is 0 Å². The van der Waals surface area contributed by atoms with Gasteiger partial charge in [0.15, 0.2) is 6.61 Å². The van der Waals surface area contributed by atoms with Gasteiger partial charge in [0.1, 0.15) is 11.8 Å². The summed E-state index contributed by atoms with van der Waals surface area (Å²) in [6, 6.07) is 16.3. The van der Waals surface area contributed by atoms with Gasteiger partial charge in [0, 0.05) is 25.3 Å². The standard InChI is InChI=1S/C23H26N4O3/c1-17-8-10-20(11-9-17)26-23(29)25-14-18-5-4-12-27(15-18)22(28)16-30-21-7-3-2-6-19(21)13-24/h2-3,6-11,18H,4-5,12,14-16H2,1H3,(H2,25,26,29). The second-order valence-electron chi connectivity index (χ2n) is 7.45. The number of carbonyl (C=O) groups is 2. The topological polar surface area (TPSA) is 94.5 Å². The number of benzene rings is 2. The Morgan fingerprint density at radius 2 is 1.97 bits per heavy atom. The van der Waals surface area contributed by atoms with Crippen molar-refractivity contribution in [1.29, 1.82) is 5.26 Å². The quantitative estimate of drug-likeness (QED) is 0.770. The molecule has 0 aromatic heterocycles. The summed E-state index contributed by atoms with van der Waals surface area (Å²) in [7, 11) is 0. The van der Waals surface area contributed by atoms with E-state index in [9.17, 15) is 9.59 Å². The minimum absolute atomic E-state index is 0.104. The molecule has 3 rings (SSSR count). The summed E-state index contributed by atoms with van der Waals surface area (Å²) in [4.78, 5) is 26.4. The van der Waals surface area contributed by atoms with E-state index in [0.717, 1.165) is 24.1 Å². The summed E-state index contributed by atoms with van der Waals surface area (Å²) in [5.74, 6) is 0.491. The molecule has 2 aromatic carbocycles. The van der Waals surface area contributed by atoms with E-state index in [1.54, 1.807) is 29.2 Å². The highest BCUT2D eigenvalue weighted by molar-refractivity contribution is 5.89. The van der Waals surface area contributed by atoms with Crippen LogP contribution >= 0.6 is 0 Å². The van der Waals surface area contributed by atoms with Gasteiger partial charge in [-0.05, 0) is 49.9 Å². The number of rotatable bonds is 6. The van der Waals surface area contributed by atoms with E-state index in [4.69, 9.17) is 10.00 Å². The lowest BCUT2D eigenvalue weighted by Crippen LogP contribution is -2.45. The van der Waals surface area contributed by atoms with Crippen molar-refractivity contribution in [1.82, 2.24) is 10.2 Å². The molecule has 1 aliphatic rings. The van der Waals surface area contributed by atoms with Crippen molar-refractivity contribution in [3.05, 3.63) is 59.7 Å². The highest BCUT2D eigenvalue weighted by atomic mass is 16.5. The predicted octanol–water partition coefficient (Wildman–Crippen LogP) is 3.31. The van der Waals surface area contributed by atoms with Crippen LogP contribution in [0.1, 0.15) is 24.0 Å². The molecule has 3 amide bonds. The number of urea groups is 1.